The van der Waals surface area contributed by atoms with E-state index < -0.39 is 6.43 Å². The van der Waals surface area contributed by atoms with Crippen molar-refractivity contribution < 1.29 is 8.78 Å². The summed E-state index contributed by atoms with van der Waals surface area (Å²) in [6.45, 7) is 3.75. The number of aryl methyl sites for hydroxylation is 2. The van der Waals surface area contributed by atoms with Gasteiger partial charge in [0.25, 0.3) is 6.43 Å². The van der Waals surface area contributed by atoms with E-state index in [4.69, 9.17) is 0 Å². The molecule has 1 aliphatic rings. The molecule has 0 amide bonds. The fourth-order valence-electron chi connectivity index (χ4n) is 2.57. The Hall–Kier alpha value is -1.51. The third-order valence-corrected chi connectivity index (χ3v) is 3.73. The van der Waals surface area contributed by atoms with Gasteiger partial charge in [-0.1, -0.05) is 0 Å². The van der Waals surface area contributed by atoms with Gasteiger partial charge in [-0.3, -0.25) is 0 Å². The Balaban J connectivity index is 0.00000144. The highest BCUT2D eigenvalue weighted by Crippen LogP contribution is 2.24. The van der Waals surface area contributed by atoms with Crippen LogP contribution < -0.4 is 10.6 Å². The number of aromatic nitrogens is 4. The minimum atomic E-state index is -2.64. The van der Waals surface area contributed by atoms with Gasteiger partial charge in [0.1, 0.15) is 5.82 Å². The smallest absolute Gasteiger partial charge is 0.297 e. The van der Waals surface area contributed by atoms with Crippen LogP contribution in [0.2, 0.25) is 0 Å². The predicted molar refractivity (Wildman–Crippen MR) is 93.3 cm³/mol. The second kappa shape index (κ2) is 8.55. The maximum Gasteiger partial charge on any atom is 0.297 e. The molecule has 2 aromatic heterocycles. The average Bonchev–Trinajstić information content (AvgIpc) is 3.08. The molecular weight excluding hydrogens is 361 g/mol. The summed E-state index contributed by atoms with van der Waals surface area (Å²) in [6, 6.07) is 4.02. The highest BCUT2D eigenvalue weighted by Gasteiger charge is 2.19. The molecule has 1 atom stereocenters. The predicted octanol–water partition coefficient (Wildman–Crippen LogP) is 2.74. The molecule has 2 N–H and O–H groups in total. The van der Waals surface area contributed by atoms with E-state index in [1.54, 1.807) is 0 Å². The molecule has 0 spiro atoms. The van der Waals surface area contributed by atoms with Gasteiger partial charge in [0.15, 0.2) is 11.6 Å². The fourth-order valence-corrected chi connectivity index (χ4v) is 2.57. The van der Waals surface area contributed by atoms with Gasteiger partial charge in [0, 0.05) is 25.2 Å². The molecule has 10 heteroatoms. The Kier molecular flexibility index (Phi) is 7.31. The van der Waals surface area contributed by atoms with E-state index >= 15 is 0 Å². The van der Waals surface area contributed by atoms with Gasteiger partial charge < -0.3 is 10.6 Å². The molecule has 1 aliphatic heterocycles. The second-order valence-corrected chi connectivity index (χ2v) is 5.38. The quantitative estimate of drug-likeness (QED) is 0.853. The highest BCUT2D eigenvalue weighted by atomic mass is 35.5. The molecule has 6 nitrogen and oxygen atoms in total. The number of halogens is 4. The topological polar surface area (TPSA) is 67.7 Å². The number of hydrogen-bond acceptors (Lipinski definition) is 5. The highest BCUT2D eigenvalue weighted by molar-refractivity contribution is 5.85. The second-order valence-electron chi connectivity index (χ2n) is 5.38. The molecule has 0 aliphatic carbocycles. The standard InChI is InChI=1S/C14H18F2N6.2ClH/c1-8-10(13-20-14(12(15)16)22(2)21-13)3-4-11(18-8)19-9-5-6-17-7-9;;/h3-4,9,12,17H,5-7H2,1-2H3,(H,18,19);2*1H/t9-;;/m0../s1. The Labute approximate surface area is 151 Å². The van der Waals surface area contributed by atoms with Gasteiger partial charge in [0.05, 0.1) is 5.69 Å². The maximum absolute atomic E-state index is 12.8. The number of rotatable bonds is 4. The number of nitrogens with zero attached hydrogens (tertiary/aromatic N) is 4. The fraction of sp³-hybridized carbons (Fsp3) is 0.500. The number of nitrogens with one attached hydrogen (secondary N) is 2. The van der Waals surface area contributed by atoms with Crippen molar-refractivity contribution in [3.05, 3.63) is 23.7 Å². The average molecular weight is 381 g/mol. The van der Waals surface area contributed by atoms with Crippen LogP contribution in [0.15, 0.2) is 12.1 Å². The summed E-state index contributed by atoms with van der Waals surface area (Å²) in [5, 5.41) is 10.7. The van der Waals surface area contributed by atoms with Gasteiger partial charge in [-0.2, -0.15) is 5.10 Å². The lowest BCUT2D eigenvalue weighted by Crippen LogP contribution is -2.22. The van der Waals surface area contributed by atoms with Crippen LogP contribution in [0.1, 0.15) is 24.4 Å². The third kappa shape index (κ3) is 4.31. The first kappa shape index (κ1) is 20.5. The zero-order valence-corrected chi connectivity index (χ0v) is 14.9. The molecule has 2 aromatic rings. The zero-order valence-electron chi connectivity index (χ0n) is 13.3. The molecule has 24 heavy (non-hydrogen) atoms. The number of alkyl halides is 2. The summed E-state index contributed by atoms with van der Waals surface area (Å²) in [4.78, 5) is 8.39. The summed E-state index contributed by atoms with van der Waals surface area (Å²) in [5.41, 5.74) is 1.37. The summed E-state index contributed by atoms with van der Waals surface area (Å²) < 4.78 is 26.7. The van der Waals surface area contributed by atoms with Crippen molar-refractivity contribution in [2.45, 2.75) is 25.8 Å². The molecule has 134 valence electrons. The van der Waals surface area contributed by atoms with Crippen LogP contribution in [0.25, 0.3) is 11.4 Å². The summed E-state index contributed by atoms with van der Waals surface area (Å²) in [7, 11) is 1.46. The Morgan fingerprint density at radius 2 is 2.04 bits per heavy atom. The Morgan fingerprint density at radius 1 is 1.29 bits per heavy atom. The largest absolute Gasteiger partial charge is 0.366 e. The normalized spacial score (nSPS) is 16.6. The molecule has 1 saturated heterocycles. The third-order valence-electron chi connectivity index (χ3n) is 3.73. The molecule has 0 bridgehead atoms. The van der Waals surface area contributed by atoms with E-state index in [0.29, 0.717) is 17.3 Å². The molecular formula is C14H20Cl2F2N6. The Morgan fingerprint density at radius 3 is 2.58 bits per heavy atom. The van der Waals surface area contributed by atoms with Crippen LogP contribution in [-0.4, -0.2) is 38.9 Å². The zero-order chi connectivity index (χ0) is 15.7. The van der Waals surface area contributed by atoms with Crippen molar-refractivity contribution in [3.63, 3.8) is 0 Å². The summed E-state index contributed by atoms with van der Waals surface area (Å²) >= 11 is 0. The monoisotopic (exact) mass is 380 g/mol. The van der Waals surface area contributed by atoms with E-state index in [0.717, 1.165) is 30.0 Å². The van der Waals surface area contributed by atoms with Crippen LogP contribution in [0.5, 0.6) is 0 Å². The van der Waals surface area contributed by atoms with Crippen molar-refractivity contribution in [2.75, 3.05) is 18.4 Å². The SMILES string of the molecule is Cc1nc(N[C@H]2CCNC2)ccc1-c1nc(C(F)F)n(C)n1.Cl.Cl. The minimum absolute atomic E-state index is 0. The van der Waals surface area contributed by atoms with Crippen molar-refractivity contribution in [1.29, 1.82) is 0 Å². The van der Waals surface area contributed by atoms with Crippen LogP contribution >= 0.6 is 24.8 Å². The van der Waals surface area contributed by atoms with Gasteiger partial charge in [0.2, 0.25) is 0 Å². The van der Waals surface area contributed by atoms with Crippen LogP contribution in [0.4, 0.5) is 14.6 Å². The van der Waals surface area contributed by atoms with Crippen LogP contribution in [0, 0.1) is 6.92 Å². The molecule has 0 unspecified atom stereocenters. The van der Waals surface area contributed by atoms with E-state index in [2.05, 4.69) is 25.7 Å². The Bertz CT molecular complexity index is 673. The molecule has 0 aromatic carbocycles. The van der Waals surface area contributed by atoms with Gasteiger partial charge >= 0.3 is 0 Å². The first-order valence-corrected chi connectivity index (χ1v) is 7.19. The molecule has 3 rings (SSSR count). The first-order valence-electron chi connectivity index (χ1n) is 7.19. The lowest BCUT2D eigenvalue weighted by molar-refractivity contribution is 0.135. The van der Waals surface area contributed by atoms with Crippen molar-refractivity contribution in [2.24, 2.45) is 7.05 Å². The van der Waals surface area contributed by atoms with Gasteiger partial charge in [-0.25, -0.2) is 23.4 Å². The van der Waals surface area contributed by atoms with E-state index in [9.17, 15) is 8.78 Å². The number of pyridine rings is 1. The van der Waals surface area contributed by atoms with Crippen molar-refractivity contribution in [3.8, 4) is 11.4 Å². The maximum atomic E-state index is 12.8. The van der Waals surface area contributed by atoms with Gasteiger partial charge in [-0.15, -0.1) is 24.8 Å². The first-order chi connectivity index (χ1) is 10.5. The van der Waals surface area contributed by atoms with E-state index in [1.165, 1.54) is 7.05 Å². The molecule has 3 heterocycles. The lowest BCUT2D eigenvalue weighted by atomic mass is 10.2. The molecule has 0 radical (unpaired) electrons. The number of anilines is 1. The van der Waals surface area contributed by atoms with Crippen molar-refractivity contribution in [1.82, 2.24) is 25.1 Å². The van der Waals surface area contributed by atoms with Crippen LogP contribution in [0.3, 0.4) is 0 Å². The summed E-state index contributed by atoms with van der Waals surface area (Å²) in [5.74, 6) is 0.713. The lowest BCUT2D eigenvalue weighted by Gasteiger charge is -2.13. The molecule has 0 saturated carbocycles. The van der Waals surface area contributed by atoms with Crippen molar-refractivity contribution >= 4 is 30.6 Å². The van der Waals surface area contributed by atoms with E-state index in [1.807, 2.05) is 19.1 Å². The molecule has 1 fully saturated rings. The summed E-state index contributed by atoms with van der Waals surface area (Å²) in [6.07, 6.45) is -1.59. The minimum Gasteiger partial charge on any atom is -0.366 e. The van der Waals surface area contributed by atoms with Crippen LogP contribution in [-0.2, 0) is 7.05 Å². The van der Waals surface area contributed by atoms with Gasteiger partial charge in [-0.05, 0) is 32.0 Å². The number of hydrogen-bond donors (Lipinski definition) is 2. The van der Waals surface area contributed by atoms with E-state index in [-0.39, 0.29) is 36.5 Å².